The van der Waals surface area contributed by atoms with Crippen molar-refractivity contribution in [1.29, 1.82) is 0 Å². The predicted octanol–water partition coefficient (Wildman–Crippen LogP) is 4.12. The third-order valence-corrected chi connectivity index (χ3v) is 4.06. The number of thioether (sulfide) groups is 1. The maximum Gasteiger partial charge on any atom is 0.170 e. The van der Waals surface area contributed by atoms with Crippen molar-refractivity contribution in [2.45, 2.75) is 17.4 Å². The van der Waals surface area contributed by atoms with Crippen molar-refractivity contribution in [2.75, 3.05) is 6.26 Å². The molecule has 0 aliphatic carbocycles. The van der Waals surface area contributed by atoms with E-state index in [1.54, 1.807) is 11.8 Å². The first kappa shape index (κ1) is 12.3. The van der Waals surface area contributed by atoms with Crippen LogP contribution in [0.25, 0.3) is 0 Å². The smallest absolute Gasteiger partial charge is 0.170 e. The molecule has 0 bridgehead atoms. The molecule has 0 spiro atoms. The van der Waals surface area contributed by atoms with Crippen LogP contribution < -0.4 is 4.74 Å². The minimum absolute atomic E-state index is 0.154. The van der Waals surface area contributed by atoms with E-state index in [9.17, 15) is 4.79 Å². The number of fused-ring (bicyclic) bond motifs is 1. The average molecular weight is 270 g/mol. The zero-order valence-electron chi connectivity index (χ0n) is 10.6. The molecular weight excluding hydrogens is 256 g/mol. The van der Waals surface area contributed by atoms with Gasteiger partial charge < -0.3 is 4.74 Å². The van der Waals surface area contributed by atoms with Crippen LogP contribution in [0.3, 0.4) is 0 Å². The molecule has 19 heavy (non-hydrogen) atoms. The van der Waals surface area contributed by atoms with Gasteiger partial charge in [-0.1, -0.05) is 24.3 Å². The SMILES string of the molecule is CSc1ccc(C2CC(=O)c3ccccc3O2)cc1. The predicted molar refractivity (Wildman–Crippen MR) is 77.0 cm³/mol. The highest BCUT2D eigenvalue weighted by Gasteiger charge is 2.26. The van der Waals surface area contributed by atoms with Gasteiger partial charge in [0, 0.05) is 4.90 Å². The summed E-state index contributed by atoms with van der Waals surface area (Å²) in [5, 5.41) is 0. The normalized spacial score (nSPS) is 17.7. The lowest BCUT2D eigenvalue weighted by atomic mass is 9.96. The highest BCUT2D eigenvalue weighted by molar-refractivity contribution is 7.98. The molecule has 3 rings (SSSR count). The number of carbonyl (C=O) groups is 1. The van der Waals surface area contributed by atoms with E-state index in [1.165, 1.54) is 4.90 Å². The first-order valence-electron chi connectivity index (χ1n) is 6.21. The Kier molecular flexibility index (Phi) is 3.30. The molecule has 1 unspecified atom stereocenters. The molecule has 2 aromatic rings. The minimum Gasteiger partial charge on any atom is -0.484 e. The van der Waals surface area contributed by atoms with Crippen LogP contribution in [0.15, 0.2) is 53.4 Å². The van der Waals surface area contributed by atoms with Gasteiger partial charge in [0.05, 0.1) is 12.0 Å². The van der Waals surface area contributed by atoms with E-state index in [-0.39, 0.29) is 11.9 Å². The Morgan fingerprint density at radius 2 is 1.84 bits per heavy atom. The van der Waals surface area contributed by atoms with Crippen molar-refractivity contribution >= 4 is 17.5 Å². The molecule has 96 valence electrons. The van der Waals surface area contributed by atoms with Crippen molar-refractivity contribution in [3.05, 3.63) is 59.7 Å². The fourth-order valence-corrected chi connectivity index (χ4v) is 2.69. The number of ether oxygens (including phenoxy) is 1. The number of carbonyl (C=O) groups excluding carboxylic acids is 1. The molecule has 0 N–H and O–H groups in total. The summed E-state index contributed by atoms with van der Waals surface area (Å²) in [6.45, 7) is 0. The van der Waals surface area contributed by atoms with E-state index in [2.05, 4.69) is 12.1 Å². The summed E-state index contributed by atoms with van der Waals surface area (Å²) in [4.78, 5) is 13.3. The number of hydrogen-bond acceptors (Lipinski definition) is 3. The molecule has 0 radical (unpaired) electrons. The average Bonchev–Trinajstić information content (AvgIpc) is 2.47. The van der Waals surface area contributed by atoms with E-state index >= 15 is 0 Å². The number of hydrogen-bond donors (Lipinski definition) is 0. The van der Waals surface area contributed by atoms with E-state index < -0.39 is 0 Å². The van der Waals surface area contributed by atoms with E-state index in [0.29, 0.717) is 17.7 Å². The van der Waals surface area contributed by atoms with Gasteiger partial charge in [0.1, 0.15) is 11.9 Å². The molecule has 0 amide bonds. The van der Waals surface area contributed by atoms with Gasteiger partial charge in [-0.15, -0.1) is 11.8 Å². The topological polar surface area (TPSA) is 26.3 Å². The highest BCUT2D eigenvalue weighted by atomic mass is 32.2. The number of Topliss-reactive ketones (excluding diaryl/α,β-unsaturated/α-hetero) is 1. The first-order chi connectivity index (χ1) is 9.28. The molecule has 0 saturated carbocycles. The van der Waals surface area contributed by atoms with Crippen molar-refractivity contribution < 1.29 is 9.53 Å². The van der Waals surface area contributed by atoms with Gasteiger partial charge in [-0.25, -0.2) is 0 Å². The fourth-order valence-electron chi connectivity index (χ4n) is 2.28. The molecule has 2 nitrogen and oxygen atoms in total. The Bertz CT molecular complexity index is 604. The Balaban J connectivity index is 1.90. The molecule has 0 aromatic heterocycles. The van der Waals surface area contributed by atoms with Crippen molar-refractivity contribution in [2.24, 2.45) is 0 Å². The van der Waals surface area contributed by atoms with E-state index in [4.69, 9.17) is 4.74 Å². The van der Waals surface area contributed by atoms with E-state index in [0.717, 1.165) is 5.56 Å². The van der Waals surface area contributed by atoms with Gasteiger partial charge in [0.25, 0.3) is 0 Å². The zero-order valence-corrected chi connectivity index (χ0v) is 11.4. The highest BCUT2D eigenvalue weighted by Crippen LogP contribution is 2.34. The lowest BCUT2D eigenvalue weighted by molar-refractivity contribution is 0.0850. The van der Waals surface area contributed by atoms with E-state index in [1.807, 2.05) is 42.7 Å². The second-order valence-electron chi connectivity index (χ2n) is 4.50. The second kappa shape index (κ2) is 5.10. The monoisotopic (exact) mass is 270 g/mol. The second-order valence-corrected chi connectivity index (χ2v) is 5.38. The number of rotatable bonds is 2. The molecule has 0 fully saturated rings. The lowest BCUT2D eigenvalue weighted by Gasteiger charge is -2.25. The third-order valence-electron chi connectivity index (χ3n) is 3.32. The van der Waals surface area contributed by atoms with Crippen molar-refractivity contribution in [3.8, 4) is 5.75 Å². The van der Waals surface area contributed by atoms with Crippen molar-refractivity contribution in [1.82, 2.24) is 0 Å². The maximum atomic E-state index is 12.1. The summed E-state index contributed by atoms with van der Waals surface area (Å²) in [6, 6.07) is 15.7. The zero-order chi connectivity index (χ0) is 13.2. The fraction of sp³-hybridized carbons (Fsp3) is 0.188. The number of para-hydroxylation sites is 1. The molecule has 3 heteroatoms. The molecule has 1 aliphatic heterocycles. The molecule has 1 heterocycles. The quantitative estimate of drug-likeness (QED) is 0.768. The van der Waals surface area contributed by atoms with Crippen LogP contribution in [-0.2, 0) is 0 Å². The largest absolute Gasteiger partial charge is 0.484 e. The number of ketones is 1. The molecule has 1 atom stereocenters. The van der Waals surface area contributed by atoms with Crippen LogP contribution in [-0.4, -0.2) is 12.0 Å². The Morgan fingerprint density at radius 1 is 1.11 bits per heavy atom. The Hall–Kier alpha value is -1.74. The summed E-state index contributed by atoms with van der Waals surface area (Å²) in [5.74, 6) is 0.846. The standard InChI is InChI=1S/C16H14O2S/c1-19-12-8-6-11(7-9-12)16-10-14(17)13-4-2-3-5-15(13)18-16/h2-9,16H,10H2,1H3. The van der Waals surface area contributed by atoms with Gasteiger partial charge in [0.2, 0.25) is 0 Å². The Morgan fingerprint density at radius 3 is 2.58 bits per heavy atom. The van der Waals surface area contributed by atoms with Crippen LogP contribution in [0.5, 0.6) is 5.75 Å². The first-order valence-corrected chi connectivity index (χ1v) is 7.43. The van der Waals surface area contributed by atoms with Crippen LogP contribution in [0, 0.1) is 0 Å². The van der Waals surface area contributed by atoms with Crippen LogP contribution in [0.1, 0.15) is 28.4 Å². The van der Waals surface area contributed by atoms with Crippen LogP contribution >= 0.6 is 11.8 Å². The summed E-state index contributed by atoms with van der Waals surface area (Å²) < 4.78 is 5.93. The van der Waals surface area contributed by atoms with Gasteiger partial charge in [-0.2, -0.15) is 0 Å². The summed E-state index contributed by atoms with van der Waals surface area (Å²) in [6.07, 6.45) is 2.29. The number of benzene rings is 2. The maximum absolute atomic E-state index is 12.1. The van der Waals surface area contributed by atoms with Crippen LogP contribution in [0.4, 0.5) is 0 Å². The Labute approximate surface area is 116 Å². The molecule has 2 aromatic carbocycles. The van der Waals surface area contributed by atoms with Crippen molar-refractivity contribution in [3.63, 3.8) is 0 Å². The van der Waals surface area contributed by atoms with Gasteiger partial charge in [-0.3, -0.25) is 4.79 Å². The van der Waals surface area contributed by atoms with Crippen LogP contribution in [0.2, 0.25) is 0 Å². The molecule has 0 saturated heterocycles. The van der Waals surface area contributed by atoms with Gasteiger partial charge in [0.15, 0.2) is 5.78 Å². The minimum atomic E-state index is -0.168. The summed E-state index contributed by atoms with van der Waals surface area (Å²) >= 11 is 1.71. The third kappa shape index (κ3) is 2.38. The van der Waals surface area contributed by atoms with Gasteiger partial charge in [-0.05, 0) is 36.1 Å². The molecular formula is C16H14O2S. The summed E-state index contributed by atoms with van der Waals surface area (Å²) in [7, 11) is 0. The lowest BCUT2D eigenvalue weighted by Crippen LogP contribution is -2.20. The molecule has 1 aliphatic rings. The van der Waals surface area contributed by atoms with Gasteiger partial charge >= 0.3 is 0 Å². The summed E-state index contributed by atoms with van der Waals surface area (Å²) in [5.41, 5.74) is 1.75.